The molecule has 3 atom stereocenters. The average molecular weight is 1110 g/mol. The summed E-state index contributed by atoms with van der Waals surface area (Å²) in [6.07, 6.45) is 19.1. The maximum Gasteiger partial charge on any atom is 0.192 e. The van der Waals surface area contributed by atoms with Gasteiger partial charge in [0.15, 0.2) is 32.5 Å². The second kappa shape index (κ2) is 29.5. The van der Waals surface area contributed by atoms with Gasteiger partial charge in [-0.2, -0.15) is 0 Å². The molecular weight excluding hydrogens is 1050 g/mol. The molecule has 0 spiro atoms. The van der Waals surface area contributed by atoms with Gasteiger partial charge in [0.25, 0.3) is 0 Å². The van der Waals surface area contributed by atoms with Gasteiger partial charge in [-0.3, -0.25) is 0 Å². The van der Waals surface area contributed by atoms with E-state index in [1.54, 1.807) is 23.5 Å². The summed E-state index contributed by atoms with van der Waals surface area (Å²) in [4.78, 5) is 41.9. The van der Waals surface area contributed by atoms with Crippen LogP contribution in [0.25, 0.3) is 32.5 Å². The zero-order valence-electron chi connectivity index (χ0n) is 41.2. The number of nitrogens with two attached hydrogens (primary N) is 1. The molecule has 23 heteroatoms. The van der Waals surface area contributed by atoms with Gasteiger partial charge in [-0.15, -0.1) is 34.0 Å². The lowest BCUT2D eigenvalue weighted by Gasteiger charge is -2.28. The van der Waals surface area contributed by atoms with Crippen molar-refractivity contribution in [3.63, 3.8) is 0 Å². The number of halogens is 4. The van der Waals surface area contributed by atoms with Crippen molar-refractivity contribution in [2.75, 3.05) is 68.1 Å². The number of hydrogen-bond donors (Lipinski definition) is 4. The Bertz CT molecular complexity index is 2720. The highest BCUT2D eigenvalue weighted by Crippen LogP contribution is 2.29. The van der Waals surface area contributed by atoms with Crippen molar-refractivity contribution in [2.45, 2.75) is 96.7 Å². The van der Waals surface area contributed by atoms with Gasteiger partial charge in [0.2, 0.25) is 0 Å². The number of morpholine rings is 2. The lowest BCUT2D eigenvalue weighted by Crippen LogP contribution is -2.37. The Labute approximate surface area is 453 Å². The van der Waals surface area contributed by atoms with Crippen molar-refractivity contribution in [2.24, 2.45) is 5.73 Å². The van der Waals surface area contributed by atoms with Gasteiger partial charge in [0.1, 0.15) is 32.9 Å². The molecule has 0 amide bonds. The Kier molecular flexibility index (Phi) is 22.7. The first-order valence-electron chi connectivity index (χ1n) is 24.4. The lowest BCUT2D eigenvalue weighted by atomic mass is 10.0. The van der Waals surface area contributed by atoms with Crippen LogP contribution in [-0.4, -0.2) is 116 Å². The van der Waals surface area contributed by atoms with Crippen molar-refractivity contribution in [3.05, 3.63) is 103 Å². The molecule has 2 aliphatic heterocycles. The topological polar surface area (TPSA) is 200 Å². The Balaban J connectivity index is 0.000000145. The van der Waals surface area contributed by atoms with Crippen LogP contribution in [0.2, 0.25) is 15.5 Å². The normalized spacial score (nSPS) is 19.3. The summed E-state index contributed by atoms with van der Waals surface area (Å²) < 4.78 is 22.6. The van der Waals surface area contributed by atoms with Crippen LogP contribution in [0.15, 0.2) is 70.5 Å². The molecule has 2 saturated heterocycles. The fourth-order valence-corrected chi connectivity index (χ4v) is 10.4. The minimum absolute atomic E-state index is 0.00620. The van der Waals surface area contributed by atoms with Crippen molar-refractivity contribution in [1.29, 1.82) is 0 Å². The molecule has 0 bridgehead atoms. The monoisotopic (exact) mass is 1110 g/mol. The number of aryl methyl sites for hydroxylation is 3. The van der Waals surface area contributed by atoms with Crippen LogP contribution in [0.3, 0.4) is 0 Å². The van der Waals surface area contributed by atoms with Gasteiger partial charge in [0.05, 0.1) is 32.3 Å². The number of rotatable bonds is 8. The molecular formula is C50H62Cl3FN14O2S3. The molecule has 16 nitrogen and oxygen atoms in total. The van der Waals surface area contributed by atoms with Crippen LogP contribution in [0, 0.1) is 20.8 Å². The molecule has 5 aliphatic rings. The van der Waals surface area contributed by atoms with E-state index in [2.05, 4.69) is 86.1 Å². The van der Waals surface area contributed by atoms with Gasteiger partial charge in [-0.1, -0.05) is 65.2 Å². The predicted octanol–water partition coefficient (Wildman–Crippen LogP) is 11.5. The van der Waals surface area contributed by atoms with Crippen molar-refractivity contribution in [1.82, 2.24) is 50.2 Å². The first kappa shape index (κ1) is 56.1. The van der Waals surface area contributed by atoms with Gasteiger partial charge in [-0.05, 0) is 72.1 Å². The van der Waals surface area contributed by atoms with E-state index in [1.807, 2.05) is 36.9 Å². The summed E-state index contributed by atoms with van der Waals surface area (Å²) in [5.74, 6) is 4.38. The maximum absolute atomic E-state index is 12.2. The number of thiazole rings is 3. The number of ether oxygens (including phenoxy) is 2. The van der Waals surface area contributed by atoms with Gasteiger partial charge in [-0.25, -0.2) is 49.2 Å². The van der Waals surface area contributed by atoms with Crippen molar-refractivity contribution >= 4 is 86.3 Å². The van der Waals surface area contributed by atoms with Crippen LogP contribution in [0.4, 0.5) is 21.8 Å². The zero-order valence-corrected chi connectivity index (χ0v) is 45.9. The summed E-state index contributed by atoms with van der Waals surface area (Å²) in [6, 6.07) is 6.37. The Morgan fingerprint density at radius 1 is 0.603 bits per heavy atom. The SMILES string of the molecule is C1COCCN1.Cc1csc(-c2nc(Cl)cc(Cl)n2)n1.Cc1csc(-c2nc(Cl)cc(NC3CC=CCC3)n2)n1.Cc1csc(-c2nc(NC3CC=CCC3)cc(N3CCOCC3)n2)n1.NC1CC=C(F)CC1. The molecule has 0 saturated carbocycles. The van der Waals surface area contributed by atoms with Crippen LogP contribution >= 0.6 is 68.8 Å². The number of anilines is 3. The summed E-state index contributed by atoms with van der Waals surface area (Å²) in [5, 5.41) is 19.6. The van der Waals surface area contributed by atoms with E-state index >= 15 is 0 Å². The highest BCUT2D eigenvalue weighted by Gasteiger charge is 2.20. The standard InChI is InChI=1S/C18H23N5OS.C14H15ClN4S.C8H5Cl2N3S.C6H10FN.C4H9NO/c1-13-12-25-18(19-13)17-21-15(20-14-5-3-2-4-6-14)11-16(22-17)23-7-9-24-10-8-23;1-9-8-20-14(16-9)13-18-11(15)7-12(19-13)17-10-5-3-2-4-6-10;1-4-3-14-8(11-4)7-12-5(9)2-6(10)13-7;7-5-1-3-6(8)4-2-5;1-3-6-4-2-5-1/h2-3,11-12,14H,4-10H2,1H3,(H,20,21,22);2-3,7-8,10H,4-6H2,1H3,(H,17,18,19);2-3H,1H3;1,6H,2-4,8H2;5H,1-4H2. The van der Waals surface area contributed by atoms with Gasteiger partial charge in [0, 0.05) is 102 Å². The summed E-state index contributed by atoms with van der Waals surface area (Å²) in [6.45, 7) is 12.9. The molecule has 3 unspecified atom stereocenters. The van der Waals surface area contributed by atoms with E-state index < -0.39 is 0 Å². The van der Waals surface area contributed by atoms with Crippen LogP contribution in [0.5, 0.6) is 0 Å². The molecule has 6 aromatic heterocycles. The molecule has 2 fully saturated rings. The summed E-state index contributed by atoms with van der Waals surface area (Å²) in [7, 11) is 0. The number of nitrogens with zero attached hydrogens (tertiary/aromatic N) is 10. The largest absolute Gasteiger partial charge is 0.379 e. The first-order valence-corrected chi connectivity index (χ1v) is 28.1. The van der Waals surface area contributed by atoms with Gasteiger partial charge >= 0.3 is 0 Å². The smallest absolute Gasteiger partial charge is 0.192 e. The van der Waals surface area contributed by atoms with Crippen molar-refractivity contribution in [3.8, 4) is 32.5 Å². The van der Waals surface area contributed by atoms with E-state index in [9.17, 15) is 4.39 Å². The Morgan fingerprint density at radius 3 is 1.49 bits per heavy atom. The number of hydrogen-bond acceptors (Lipinski definition) is 19. The second-order valence-corrected chi connectivity index (χ2v) is 21.2. The fraction of sp³-hybridized carbons (Fsp3) is 0.460. The molecule has 390 valence electrons. The highest BCUT2D eigenvalue weighted by molar-refractivity contribution is 7.13. The third-order valence-electron chi connectivity index (χ3n) is 11.3. The molecule has 3 aliphatic carbocycles. The van der Waals surface area contributed by atoms with E-state index in [4.69, 9.17) is 60.0 Å². The third kappa shape index (κ3) is 19.2. The van der Waals surface area contributed by atoms with Gasteiger partial charge < -0.3 is 36.1 Å². The quantitative estimate of drug-likeness (QED) is 0.0828. The minimum atomic E-state index is 0.00620. The molecule has 6 aromatic rings. The third-order valence-corrected chi connectivity index (χ3v) is 14.8. The molecule has 0 radical (unpaired) electrons. The Morgan fingerprint density at radius 2 is 1.08 bits per heavy atom. The Hall–Kier alpha value is -4.61. The van der Waals surface area contributed by atoms with E-state index in [0.717, 1.165) is 147 Å². The number of aromatic nitrogens is 9. The van der Waals surface area contributed by atoms with Crippen LogP contribution in [0.1, 0.15) is 74.9 Å². The molecule has 0 aromatic carbocycles. The lowest BCUT2D eigenvalue weighted by molar-refractivity contribution is 0.109. The van der Waals surface area contributed by atoms with Crippen LogP contribution in [-0.2, 0) is 9.47 Å². The molecule has 8 heterocycles. The predicted molar refractivity (Wildman–Crippen MR) is 297 cm³/mol. The minimum Gasteiger partial charge on any atom is -0.379 e. The second-order valence-electron chi connectivity index (χ2n) is 17.5. The number of nitrogens with one attached hydrogen (secondary N) is 3. The zero-order chi connectivity index (χ0) is 51.4. The highest BCUT2D eigenvalue weighted by atomic mass is 35.5. The molecule has 11 rings (SSSR count). The first-order chi connectivity index (χ1) is 35.4. The average Bonchev–Trinajstić information content (AvgIpc) is 4.18. The maximum atomic E-state index is 12.2. The van der Waals surface area contributed by atoms with Crippen molar-refractivity contribution < 1.29 is 13.9 Å². The van der Waals surface area contributed by atoms with E-state index in [0.29, 0.717) is 57.9 Å². The molecule has 73 heavy (non-hydrogen) atoms. The number of allylic oxidation sites excluding steroid dienone is 3. The summed E-state index contributed by atoms with van der Waals surface area (Å²) in [5.41, 5.74) is 8.40. The summed E-state index contributed by atoms with van der Waals surface area (Å²) >= 11 is 22.2. The van der Waals surface area contributed by atoms with E-state index in [1.165, 1.54) is 28.7 Å². The van der Waals surface area contributed by atoms with E-state index in [-0.39, 0.29) is 11.9 Å². The fourth-order valence-electron chi connectivity index (χ4n) is 7.61. The molecule has 5 N–H and O–H groups in total. The van der Waals surface area contributed by atoms with Crippen LogP contribution < -0.4 is 26.6 Å².